The Morgan fingerprint density at radius 1 is 1.00 bits per heavy atom. The van der Waals surface area contributed by atoms with E-state index in [-0.39, 0.29) is 22.9 Å². The number of methoxy groups -OCH3 is 2. The molecule has 0 atom stereocenters. The molecule has 3 aromatic rings. The molecule has 172 valence electrons. The van der Waals surface area contributed by atoms with E-state index in [1.165, 1.54) is 44.2 Å². The molecular formula is C25H21N3O5S. The summed E-state index contributed by atoms with van der Waals surface area (Å²) in [7, 11) is 2.85. The molecule has 0 aliphatic carbocycles. The number of nitro groups is 1. The van der Waals surface area contributed by atoms with Crippen LogP contribution in [-0.4, -0.2) is 35.1 Å². The normalized spacial score (nSPS) is 15.7. The van der Waals surface area contributed by atoms with Crippen molar-refractivity contribution in [2.45, 2.75) is 6.54 Å². The molecule has 1 aliphatic heterocycles. The summed E-state index contributed by atoms with van der Waals surface area (Å²) in [5.41, 5.74) is 1.69. The minimum atomic E-state index is -0.515. The minimum Gasteiger partial charge on any atom is -0.493 e. The maximum Gasteiger partial charge on any atom is 0.280 e. The first-order valence-electron chi connectivity index (χ1n) is 10.3. The van der Waals surface area contributed by atoms with Crippen molar-refractivity contribution < 1.29 is 19.2 Å². The topological polar surface area (TPSA) is 94.3 Å². The lowest BCUT2D eigenvalue weighted by Gasteiger charge is -2.15. The van der Waals surface area contributed by atoms with Gasteiger partial charge >= 0.3 is 0 Å². The number of hydrogen-bond acceptors (Lipinski definition) is 7. The monoisotopic (exact) mass is 475 g/mol. The molecule has 8 nitrogen and oxygen atoms in total. The first-order valence-corrected chi connectivity index (χ1v) is 11.1. The molecule has 34 heavy (non-hydrogen) atoms. The van der Waals surface area contributed by atoms with Crippen molar-refractivity contribution in [1.82, 2.24) is 4.90 Å². The molecule has 0 radical (unpaired) electrons. The molecule has 0 bridgehead atoms. The molecule has 3 aromatic carbocycles. The van der Waals surface area contributed by atoms with Gasteiger partial charge in [-0.15, -0.1) is 0 Å². The summed E-state index contributed by atoms with van der Waals surface area (Å²) in [6.45, 7) is 0.323. The van der Waals surface area contributed by atoms with Crippen molar-refractivity contribution in [1.29, 1.82) is 0 Å². The molecule has 1 aliphatic rings. The average molecular weight is 476 g/mol. The standard InChI is InChI=1S/C25H21N3O5S/c1-32-21-13-18(20(28(30)31)15-22(21)33-2)14-23-24(29)27(16-17-9-5-3-6-10-17)25(34-23)26-19-11-7-4-8-12-19/h3-15H,16H2,1-2H3/b23-14+,26-25?. The van der Waals surface area contributed by atoms with Gasteiger partial charge in [0, 0.05) is 0 Å². The van der Waals surface area contributed by atoms with Crippen LogP contribution in [0.15, 0.2) is 82.7 Å². The van der Waals surface area contributed by atoms with E-state index in [2.05, 4.69) is 4.99 Å². The fourth-order valence-corrected chi connectivity index (χ4v) is 4.40. The molecule has 1 saturated heterocycles. The number of nitro benzene ring substituents is 1. The number of thioether (sulfide) groups is 1. The van der Waals surface area contributed by atoms with Crippen molar-refractivity contribution in [2.75, 3.05) is 14.2 Å². The zero-order valence-electron chi connectivity index (χ0n) is 18.5. The fraction of sp³-hybridized carbons (Fsp3) is 0.120. The third-order valence-electron chi connectivity index (χ3n) is 5.07. The largest absolute Gasteiger partial charge is 0.493 e. The van der Waals surface area contributed by atoms with Gasteiger partial charge in [-0.1, -0.05) is 48.5 Å². The summed E-state index contributed by atoms with van der Waals surface area (Å²) in [5.74, 6) is 0.279. The van der Waals surface area contributed by atoms with E-state index in [0.29, 0.717) is 28.1 Å². The molecule has 0 unspecified atom stereocenters. The molecular weight excluding hydrogens is 454 g/mol. The van der Waals surface area contributed by atoms with E-state index in [9.17, 15) is 14.9 Å². The lowest BCUT2D eigenvalue weighted by molar-refractivity contribution is -0.385. The van der Waals surface area contributed by atoms with Crippen molar-refractivity contribution in [3.63, 3.8) is 0 Å². The van der Waals surface area contributed by atoms with E-state index in [0.717, 1.165) is 5.56 Å². The van der Waals surface area contributed by atoms with Crippen LogP contribution in [0.25, 0.3) is 6.08 Å². The Kier molecular flexibility index (Phi) is 6.93. The first kappa shape index (κ1) is 23.1. The average Bonchev–Trinajstić information content (AvgIpc) is 3.13. The number of para-hydroxylation sites is 1. The smallest absolute Gasteiger partial charge is 0.280 e. The Morgan fingerprint density at radius 2 is 1.62 bits per heavy atom. The number of nitrogens with zero attached hydrogens (tertiary/aromatic N) is 3. The van der Waals surface area contributed by atoms with E-state index < -0.39 is 4.92 Å². The highest BCUT2D eigenvalue weighted by atomic mass is 32.2. The predicted octanol–water partition coefficient (Wildman–Crippen LogP) is 5.42. The number of rotatable bonds is 7. The first-order chi connectivity index (χ1) is 16.5. The fourth-order valence-electron chi connectivity index (χ4n) is 3.41. The van der Waals surface area contributed by atoms with Gasteiger partial charge in [-0.3, -0.25) is 19.8 Å². The Bertz CT molecular complexity index is 1280. The van der Waals surface area contributed by atoms with E-state index in [4.69, 9.17) is 9.47 Å². The van der Waals surface area contributed by atoms with Crippen molar-refractivity contribution in [3.8, 4) is 11.5 Å². The van der Waals surface area contributed by atoms with Gasteiger partial charge in [0.05, 0.1) is 47.9 Å². The summed E-state index contributed by atoms with van der Waals surface area (Å²) >= 11 is 1.17. The SMILES string of the molecule is COc1cc(/C=C2/SC(=Nc3ccccc3)N(Cc3ccccc3)C2=O)c([N+](=O)[O-])cc1OC. The second-order valence-corrected chi connectivity index (χ2v) is 8.25. The van der Waals surface area contributed by atoms with Crippen LogP contribution >= 0.6 is 11.8 Å². The van der Waals surface area contributed by atoms with E-state index in [1.54, 1.807) is 4.90 Å². The maximum atomic E-state index is 13.4. The van der Waals surface area contributed by atoms with Gasteiger partial charge in [0.25, 0.3) is 11.6 Å². The Balaban J connectivity index is 1.78. The predicted molar refractivity (Wildman–Crippen MR) is 132 cm³/mol. The Hall–Kier alpha value is -4.11. The van der Waals surface area contributed by atoms with Crippen LogP contribution in [-0.2, 0) is 11.3 Å². The minimum absolute atomic E-state index is 0.193. The molecule has 0 aromatic heterocycles. The summed E-state index contributed by atoms with van der Waals surface area (Å²) < 4.78 is 10.5. The summed E-state index contributed by atoms with van der Waals surface area (Å²) in [4.78, 5) is 31.2. The highest BCUT2D eigenvalue weighted by Crippen LogP contribution is 2.39. The number of carbonyl (C=O) groups is 1. The molecule has 0 N–H and O–H groups in total. The molecule has 0 saturated carbocycles. The second kappa shape index (κ2) is 10.2. The van der Waals surface area contributed by atoms with Gasteiger partial charge in [-0.05, 0) is 41.6 Å². The Labute approximate surface area is 200 Å². The van der Waals surface area contributed by atoms with Crippen molar-refractivity contribution >= 4 is 40.3 Å². The van der Waals surface area contributed by atoms with Gasteiger partial charge < -0.3 is 9.47 Å². The van der Waals surface area contributed by atoms with Crippen LogP contribution in [0.2, 0.25) is 0 Å². The van der Waals surface area contributed by atoms with E-state index >= 15 is 0 Å². The third kappa shape index (κ3) is 4.94. The van der Waals surface area contributed by atoms with Gasteiger partial charge in [0.1, 0.15) is 0 Å². The lowest BCUT2D eigenvalue weighted by atomic mass is 10.1. The number of amides is 1. The van der Waals surface area contributed by atoms with Crippen LogP contribution in [0.5, 0.6) is 11.5 Å². The number of amidine groups is 1. The molecule has 0 spiro atoms. The zero-order chi connectivity index (χ0) is 24.1. The van der Waals surface area contributed by atoms with Crippen LogP contribution in [0.4, 0.5) is 11.4 Å². The zero-order valence-corrected chi connectivity index (χ0v) is 19.3. The lowest BCUT2D eigenvalue weighted by Crippen LogP contribution is -2.28. The van der Waals surface area contributed by atoms with E-state index in [1.807, 2.05) is 60.7 Å². The van der Waals surface area contributed by atoms with Gasteiger partial charge in [0.15, 0.2) is 16.7 Å². The molecule has 4 rings (SSSR count). The van der Waals surface area contributed by atoms with Crippen LogP contribution in [0, 0.1) is 10.1 Å². The summed E-state index contributed by atoms with van der Waals surface area (Å²) in [6.07, 6.45) is 1.50. The third-order valence-corrected chi connectivity index (χ3v) is 6.08. The van der Waals surface area contributed by atoms with Crippen LogP contribution < -0.4 is 9.47 Å². The number of aliphatic imine (C=N–C) groups is 1. The molecule has 1 heterocycles. The van der Waals surface area contributed by atoms with Gasteiger partial charge in [-0.25, -0.2) is 4.99 Å². The Morgan fingerprint density at radius 3 is 2.24 bits per heavy atom. The van der Waals surface area contributed by atoms with Crippen molar-refractivity contribution in [2.24, 2.45) is 4.99 Å². The van der Waals surface area contributed by atoms with Gasteiger partial charge in [-0.2, -0.15) is 0 Å². The highest BCUT2D eigenvalue weighted by Gasteiger charge is 2.34. The van der Waals surface area contributed by atoms with Crippen LogP contribution in [0.1, 0.15) is 11.1 Å². The number of hydrogen-bond donors (Lipinski definition) is 0. The summed E-state index contributed by atoms with van der Waals surface area (Å²) in [6, 6.07) is 21.7. The maximum absolute atomic E-state index is 13.4. The molecule has 1 fully saturated rings. The molecule has 9 heteroatoms. The summed E-state index contributed by atoms with van der Waals surface area (Å²) in [5, 5.41) is 12.2. The number of carbonyl (C=O) groups excluding carboxylic acids is 1. The van der Waals surface area contributed by atoms with Crippen molar-refractivity contribution in [3.05, 3.63) is 98.9 Å². The van der Waals surface area contributed by atoms with Crippen LogP contribution in [0.3, 0.4) is 0 Å². The molecule has 1 amide bonds. The quantitative estimate of drug-likeness (QED) is 0.257. The van der Waals surface area contributed by atoms with Gasteiger partial charge in [0.2, 0.25) is 0 Å². The second-order valence-electron chi connectivity index (χ2n) is 7.24. The number of ether oxygens (including phenoxy) is 2. The highest BCUT2D eigenvalue weighted by molar-refractivity contribution is 8.18. The number of benzene rings is 3.